The molecule has 21 heavy (non-hydrogen) atoms. The number of anilines is 1. The lowest BCUT2D eigenvalue weighted by Crippen LogP contribution is -2.17. The summed E-state index contributed by atoms with van der Waals surface area (Å²) in [5, 5.41) is 11.9. The van der Waals surface area contributed by atoms with Gasteiger partial charge in [0.25, 0.3) is 5.91 Å². The zero-order valence-corrected chi connectivity index (χ0v) is 12.5. The number of carboxylic acids is 1. The Kier molecular flexibility index (Phi) is 6.65. The van der Waals surface area contributed by atoms with Crippen molar-refractivity contribution in [1.29, 1.82) is 0 Å². The van der Waals surface area contributed by atoms with Crippen LogP contribution in [-0.4, -0.2) is 28.5 Å². The van der Waals surface area contributed by atoms with Gasteiger partial charge in [0.1, 0.15) is 11.5 Å². The van der Waals surface area contributed by atoms with E-state index in [0.717, 1.165) is 6.42 Å². The van der Waals surface area contributed by atoms with Crippen LogP contribution in [0.3, 0.4) is 0 Å². The zero-order valence-electron chi connectivity index (χ0n) is 12.5. The normalized spacial score (nSPS) is 12.1. The highest BCUT2D eigenvalue weighted by molar-refractivity contribution is 5.91. The molecule has 1 atom stereocenters. The molecule has 1 unspecified atom stereocenters. The topological polar surface area (TPSA) is 105 Å². The Morgan fingerprint density at radius 1 is 1.33 bits per heavy atom. The van der Waals surface area contributed by atoms with Crippen molar-refractivity contribution in [2.45, 2.75) is 33.1 Å². The van der Waals surface area contributed by atoms with Gasteiger partial charge in [-0.25, -0.2) is 4.98 Å². The maximum absolute atomic E-state index is 11.0. The highest BCUT2D eigenvalue weighted by Gasteiger charge is 2.14. The third-order valence-electron chi connectivity index (χ3n) is 3.49. The first-order valence-corrected chi connectivity index (χ1v) is 7.12. The fourth-order valence-electron chi connectivity index (χ4n) is 2.18. The Morgan fingerprint density at radius 3 is 2.62 bits per heavy atom. The van der Waals surface area contributed by atoms with Gasteiger partial charge in [-0.3, -0.25) is 9.59 Å². The smallest absolute Gasteiger partial charge is 0.303 e. The number of pyridine rings is 1. The van der Waals surface area contributed by atoms with Gasteiger partial charge >= 0.3 is 5.97 Å². The van der Waals surface area contributed by atoms with Crippen LogP contribution in [0.25, 0.3) is 0 Å². The molecule has 116 valence electrons. The van der Waals surface area contributed by atoms with Crippen molar-refractivity contribution < 1.29 is 14.7 Å². The summed E-state index contributed by atoms with van der Waals surface area (Å²) in [6.45, 7) is 4.87. The molecule has 1 amide bonds. The van der Waals surface area contributed by atoms with Crippen LogP contribution in [0, 0.1) is 11.8 Å². The SMILES string of the molecule is CC(C)C(CCNc1cccc(C(N)=O)n1)CCC(=O)O. The number of carbonyl (C=O) groups is 2. The highest BCUT2D eigenvalue weighted by Crippen LogP contribution is 2.21. The van der Waals surface area contributed by atoms with Gasteiger partial charge in [-0.15, -0.1) is 0 Å². The van der Waals surface area contributed by atoms with Crippen LogP contribution in [0.4, 0.5) is 5.82 Å². The maximum atomic E-state index is 11.0. The molecule has 1 heterocycles. The van der Waals surface area contributed by atoms with Crippen molar-refractivity contribution in [2.24, 2.45) is 17.6 Å². The van der Waals surface area contributed by atoms with Gasteiger partial charge in [-0.1, -0.05) is 19.9 Å². The van der Waals surface area contributed by atoms with E-state index < -0.39 is 11.9 Å². The monoisotopic (exact) mass is 293 g/mol. The second-order valence-electron chi connectivity index (χ2n) is 5.42. The molecule has 1 rings (SSSR count). The van der Waals surface area contributed by atoms with E-state index in [2.05, 4.69) is 24.1 Å². The minimum Gasteiger partial charge on any atom is -0.481 e. The van der Waals surface area contributed by atoms with Crippen LogP contribution in [0.5, 0.6) is 0 Å². The summed E-state index contributed by atoms with van der Waals surface area (Å²) < 4.78 is 0. The van der Waals surface area contributed by atoms with Crippen LogP contribution in [-0.2, 0) is 4.79 Å². The summed E-state index contributed by atoms with van der Waals surface area (Å²) in [4.78, 5) is 25.8. The first-order chi connectivity index (χ1) is 9.90. The number of aromatic nitrogens is 1. The van der Waals surface area contributed by atoms with Crippen LogP contribution < -0.4 is 11.1 Å². The van der Waals surface area contributed by atoms with Crippen LogP contribution >= 0.6 is 0 Å². The molecule has 0 fully saturated rings. The van der Waals surface area contributed by atoms with Crippen molar-refractivity contribution in [3.63, 3.8) is 0 Å². The van der Waals surface area contributed by atoms with Crippen molar-refractivity contribution in [3.05, 3.63) is 23.9 Å². The quantitative estimate of drug-likeness (QED) is 0.646. The lowest BCUT2D eigenvalue weighted by atomic mass is 9.88. The number of hydrogen-bond donors (Lipinski definition) is 3. The summed E-state index contributed by atoms with van der Waals surface area (Å²) in [5.41, 5.74) is 5.41. The van der Waals surface area contributed by atoms with E-state index in [1.165, 1.54) is 0 Å². The van der Waals surface area contributed by atoms with Crippen molar-refractivity contribution in [1.82, 2.24) is 4.98 Å². The average molecular weight is 293 g/mol. The van der Waals surface area contributed by atoms with Gasteiger partial charge in [0, 0.05) is 13.0 Å². The molecule has 0 aliphatic rings. The third kappa shape index (κ3) is 6.25. The Balaban J connectivity index is 2.48. The molecule has 0 bridgehead atoms. The maximum Gasteiger partial charge on any atom is 0.303 e. The molecular formula is C15H23N3O3. The molecule has 0 aromatic carbocycles. The number of hydrogen-bond acceptors (Lipinski definition) is 4. The van der Waals surface area contributed by atoms with E-state index in [4.69, 9.17) is 10.8 Å². The number of primary amides is 1. The number of nitrogens with two attached hydrogens (primary N) is 1. The first kappa shape index (κ1) is 16.9. The lowest BCUT2D eigenvalue weighted by Gasteiger charge is -2.20. The predicted octanol–water partition coefficient (Wildman–Crippen LogP) is 2.12. The molecule has 1 aromatic heterocycles. The second kappa shape index (κ2) is 8.24. The molecule has 0 saturated heterocycles. The summed E-state index contributed by atoms with van der Waals surface area (Å²) >= 11 is 0. The van der Waals surface area contributed by atoms with Gasteiger partial charge in [-0.2, -0.15) is 0 Å². The third-order valence-corrected chi connectivity index (χ3v) is 3.49. The molecule has 0 radical (unpaired) electrons. The Labute approximate surface area is 124 Å². The van der Waals surface area contributed by atoms with E-state index in [-0.39, 0.29) is 12.1 Å². The molecular weight excluding hydrogens is 270 g/mol. The summed E-state index contributed by atoms with van der Waals surface area (Å²) in [6, 6.07) is 5.06. The van der Waals surface area contributed by atoms with Gasteiger partial charge in [0.05, 0.1) is 0 Å². The van der Waals surface area contributed by atoms with E-state index in [9.17, 15) is 9.59 Å². The molecule has 0 aliphatic heterocycles. The van der Waals surface area contributed by atoms with E-state index in [1.807, 2.05) is 0 Å². The zero-order chi connectivity index (χ0) is 15.8. The van der Waals surface area contributed by atoms with E-state index in [1.54, 1.807) is 18.2 Å². The largest absolute Gasteiger partial charge is 0.481 e. The number of nitrogens with zero attached hydrogens (tertiary/aromatic N) is 1. The van der Waals surface area contributed by atoms with Gasteiger partial charge < -0.3 is 16.2 Å². The number of carboxylic acid groups (broad SMARTS) is 1. The molecule has 0 spiro atoms. The molecule has 6 heteroatoms. The number of nitrogens with one attached hydrogen (secondary N) is 1. The van der Waals surface area contributed by atoms with Gasteiger partial charge in [-0.05, 0) is 36.8 Å². The van der Waals surface area contributed by atoms with Crippen molar-refractivity contribution >= 4 is 17.7 Å². The van der Waals surface area contributed by atoms with Gasteiger partial charge in [0.2, 0.25) is 0 Å². The highest BCUT2D eigenvalue weighted by atomic mass is 16.4. The fourth-order valence-corrected chi connectivity index (χ4v) is 2.18. The minimum atomic E-state index is -0.760. The molecule has 1 aromatic rings. The minimum absolute atomic E-state index is 0.193. The van der Waals surface area contributed by atoms with Crippen molar-refractivity contribution in [3.8, 4) is 0 Å². The Bertz CT molecular complexity index is 489. The van der Waals surface area contributed by atoms with E-state index in [0.29, 0.717) is 30.6 Å². The first-order valence-electron chi connectivity index (χ1n) is 7.12. The summed E-state index contributed by atoms with van der Waals surface area (Å²) in [7, 11) is 0. The summed E-state index contributed by atoms with van der Waals surface area (Å²) in [5.74, 6) is 0.0561. The Hall–Kier alpha value is -2.11. The standard InChI is InChI=1S/C15H23N3O3/c1-10(2)11(6-7-14(19)20)8-9-17-13-5-3-4-12(18-13)15(16)21/h3-5,10-11H,6-9H2,1-2H3,(H2,16,21)(H,17,18)(H,19,20). The second-order valence-corrected chi connectivity index (χ2v) is 5.42. The van der Waals surface area contributed by atoms with Crippen LogP contribution in [0.1, 0.15) is 43.6 Å². The van der Waals surface area contributed by atoms with Crippen LogP contribution in [0.15, 0.2) is 18.2 Å². The molecule has 0 saturated carbocycles. The molecule has 0 aliphatic carbocycles. The number of carbonyl (C=O) groups excluding carboxylic acids is 1. The molecule has 4 N–H and O–H groups in total. The predicted molar refractivity (Wildman–Crippen MR) is 81.1 cm³/mol. The lowest BCUT2D eigenvalue weighted by molar-refractivity contribution is -0.137. The van der Waals surface area contributed by atoms with Gasteiger partial charge in [0.15, 0.2) is 0 Å². The molecule has 6 nitrogen and oxygen atoms in total. The number of aliphatic carboxylic acids is 1. The Morgan fingerprint density at radius 2 is 2.05 bits per heavy atom. The number of rotatable bonds is 9. The average Bonchev–Trinajstić information content (AvgIpc) is 2.42. The number of amides is 1. The summed E-state index contributed by atoms with van der Waals surface area (Å²) in [6.07, 6.45) is 1.72. The van der Waals surface area contributed by atoms with Crippen LogP contribution in [0.2, 0.25) is 0 Å². The van der Waals surface area contributed by atoms with Crippen molar-refractivity contribution in [2.75, 3.05) is 11.9 Å². The van der Waals surface area contributed by atoms with E-state index >= 15 is 0 Å². The fraction of sp³-hybridized carbons (Fsp3) is 0.533.